The van der Waals surface area contributed by atoms with Gasteiger partial charge in [-0.05, 0) is 52.2 Å². The molecule has 0 saturated heterocycles. The molecule has 0 atom stereocenters. The molecule has 0 fully saturated rings. The van der Waals surface area contributed by atoms with Gasteiger partial charge in [0, 0.05) is 12.7 Å². The summed E-state index contributed by atoms with van der Waals surface area (Å²) >= 11 is 0. The number of benzene rings is 3. The molecule has 3 rings (SSSR count). The fourth-order valence-corrected chi connectivity index (χ4v) is 2.91. The van der Waals surface area contributed by atoms with E-state index in [-0.39, 0.29) is 0 Å². The molecule has 3 aromatic carbocycles. The van der Waals surface area contributed by atoms with E-state index in [1.54, 1.807) is 21.3 Å². The number of rotatable bonds is 6. The first kappa shape index (κ1) is 17.7. The van der Waals surface area contributed by atoms with Crippen LogP contribution in [0.2, 0.25) is 0 Å². The molecule has 1 N–H and O–H groups in total. The Labute approximate surface area is 154 Å². The Balaban J connectivity index is 1.93. The normalized spacial score (nSPS) is 10.9. The lowest BCUT2D eigenvalue weighted by Crippen LogP contribution is -1.95. The Morgan fingerprint density at radius 1 is 0.692 bits per heavy atom. The third-order valence-electron chi connectivity index (χ3n) is 4.31. The highest BCUT2D eigenvalue weighted by atomic mass is 16.5. The van der Waals surface area contributed by atoms with Crippen LogP contribution < -0.4 is 19.5 Å². The van der Waals surface area contributed by atoms with Crippen LogP contribution in [0.3, 0.4) is 0 Å². The minimum Gasteiger partial charge on any atom is -0.493 e. The average molecular weight is 349 g/mol. The molecule has 0 aliphatic carbocycles. The van der Waals surface area contributed by atoms with Crippen molar-refractivity contribution in [2.75, 3.05) is 33.7 Å². The smallest absolute Gasteiger partial charge is 0.203 e. The maximum Gasteiger partial charge on any atom is 0.203 e. The average Bonchev–Trinajstić information content (AvgIpc) is 2.70. The minimum atomic E-state index is 0.596. The lowest BCUT2D eigenvalue weighted by molar-refractivity contribution is 0.324. The van der Waals surface area contributed by atoms with Gasteiger partial charge in [-0.3, -0.25) is 0 Å². The van der Waals surface area contributed by atoms with Gasteiger partial charge in [0.1, 0.15) is 0 Å². The van der Waals surface area contributed by atoms with Crippen molar-refractivity contribution in [3.8, 4) is 17.2 Å². The number of nitrogens with one attached hydrogen (secondary N) is 1. The minimum absolute atomic E-state index is 0.596. The van der Waals surface area contributed by atoms with E-state index in [0.717, 1.165) is 16.8 Å². The third kappa shape index (κ3) is 3.59. The van der Waals surface area contributed by atoms with E-state index in [1.165, 1.54) is 10.8 Å². The van der Waals surface area contributed by atoms with Crippen LogP contribution in [0.4, 0.5) is 5.69 Å². The number of fused-ring (bicyclic) bond motifs is 1. The molecule has 0 saturated carbocycles. The summed E-state index contributed by atoms with van der Waals surface area (Å²) in [5, 5.41) is 5.58. The lowest BCUT2D eigenvalue weighted by Gasteiger charge is -2.12. The highest BCUT2D eigenvalue weighted by Crippen LogP contribution is 2.38. The zero-order chi connectivity index (χ0) is 18.5. The first-order chi connectivity index (χ1) is 12.7. The topological polar surface area (TPSA) is 39.7 Å². The fourth-order valence-electron chi connectivity index (χ4n) is 2.91. The number of hydrogen-bond acceptors (Lipinski definition) is 4. The summed E-state index contributed by atoms with van der Waals surface area (Å²) in [4.78, 5) is 0. The Morgan fingerprint density at radius 3 is 1.92 bits per heavy atom. The Bertz CT molecular complexity index is 922. The maximum absolute atomic E-state index is 5.41. The standard InChI is InChI=1S/C22H23NO3/c1-23-19-10-9-17-11-15(7-8-18(17)14-19)5-6-16-12-20(24-2)22(26-4)21(13-16)25-3/h5-14,23H,1-4H3/b6-5-. The highest BCUT2D eigenvalue weighted by Gasteiger charge is 2.11. The van der Waals surface area contributed by atoms with Crippen LogP contribution in [0.1, 0.15) is 11.1 Å². The van der Waals surface area contributed by atoms with E-state index in [1.807, 2.05) is 25.3 Å². The second-order valence-electron chi connectivity index (χ2n) is 5.86. The van der Waals surface area contributed by atoms with E-state index >= 15 is 0 Å². The number of hydrogen-bond donors (Lipinski definition) is 1. The third-order valence-corrected chi connectivity index (χ3v) is 4.31. The number of ether oxygens (including phenoxy) is 3. The summed E-state index contributed by atoms with van der Waals surface area (Å²) in [6.45, 7) is 0. The molecule has 134 valence electrons. The molecule has 4 heteroatoms. The van der Waals surface area contributed by atoms with Gasteiger partial charge < -0.3 is 19.5 Å². The summed E-state index contributed by atoms with van der Waals surface area (Å²) in [7, 11) is 6.77. The maximum atomic E-state index is 5.41. The van der Waals surface area contributed by atoms with Gasteiger partial charge in [0.15, 0.2) is 11.5 Å². The van der Waals surface area contributed by atoms with Crippen LogP contribution >= 0.6 is 0 Å². The second kappa shape index (κ2) is 7.83. The molecule has 0 aliphatic heterocycles. The van der Waals surface area contributed by atoms with Gasteiger partial charge >= 0.3 is 0 Å². The molecule has 0 radical (unpaired) electrons. The largest absolute Gasteiger partial charge is 0.493 e. The van der Waals surface area contributed by atoms with Gasteiger partial charge in [-0.25, -0.2) is 0 Å². The predicted molar refractivity (Wildman–Crippen MR) is 109 cm³/mol. The number of anilines is 1. The molecule has 0 bridgehead atoms. The van der Waals surface area contributed by atoms with E-state index in [2.05, 4.69) is 47.8 Å². The van der Waals surface area contributed by atoms with Crippen molar-refractivity contribution in [3.05, 3.63) is 59.7 Å². The van der Waals surface area contributed by atoms with Crippen molar-refractivity contribution >= 4 is 28.6 Å². The van der Waals surface area contributed by atoms with Crippen molar-refractivity contribution < 1.29 is 14.2 Å². The first-order valence-electron chi connectivity index (χ1n) is 8.38. The Morgan fingerprint density at radius 2 is 1.31 bits per heavy atom. The van der Waals surface area contributed by atoms with Crippen LogP contribution in [-0.2, 0) is 0 Å². The van der Waals surface area contributed by atoms with E-state index in [0.29, 0.717) is 17.2 Å². The molecule has 26 heavy (non-hydrogen) atoms. The summed E-state index contributed by atoms with van der Waals surface area (Å²) in [5.74, 6) is 1.88. The van der Waals surface area contributed by atoms with Crippen LogP contribution in [0.15, 0.2) is 48.5 Å². The Hall–Kier alpha value is -3.14. The zero-order valence-electron chi connectivity index (χ0n) is 15.5. The van der Waals surface area contributed by atoms with Gasteiger partial charge in [-0.15, -0.1) is 0 Å². The monoisotopic (exact) mass is 349 g/mol. The van der Waals surface area contributed by atoms with Crippen molar-refractivity contribution in [3.63, 3.8) is 0 Å². The number of methoxy groups -OCH3 is 3. The molecular formula is C22H23NO3. The second-order valence-corrected chi connectivity index (χ2v) is 5.86. The summed E-state index contributed by atoms with van der Waals surface area (Å²) in [6.07, 6.45) is 4.11. The van der Waals surface area contributed by atoms with Crippen molar-refractivity contribution in [2.45, 2.75) is 0 Å². The summed E-state index contributed by atoms with van der Waals surface area (Å²) in [6, 6.07) is 16.6. The highest BCUT2D eigenvalue weighted by molar-refractivity contribution is 5.88. The van der Waals surface area contributed by atoms with Crippen molar-refractivity contribution in [1.29, 1.82) is 0 Å². The predicted octanol–water partition coefficient (Wildman–Crippen LogP) is 5.08. The Kier molecular flexibility index (Phi) is 5.32. The van der Waals surface area contributed by atoms with Gasteiger partial charge in [-0.1, -0.05) is 30.4 Å². The van der Waals surface area contributed by atoms with Crippen molar-refractivity contribution in [2.24, 2.45) is 0 Å². The van der Waals surface area contributed by atoms with Gasteiger partial charge in [0.2, 0.25) is 5.75 Å². The molecule has 0 spiro atoms. The van der Waals surface area contributed by atoms with Gasteiger partial charge in [0.25, 0.3) is 0 Å². The van der Waals surface area contributed by atoms with Crippen LogP contribution in [0.5, 0.6) is 17.2 Å². The summed E-state index contributed by atoms with van der Waals surface area (Å²) < 4.78 is 16.2. The van der Waals surface area contributed by atoms with Gasteiger partial charge in [-0.2, -0.15) is 0 Å². The zero-order valence-corrected chi connectivity index (χ0v) is 15.5. The van der Waals surface area contributed by atoms with Crippen LogP contribution in [-0.4, -0.2) is 28.4 Å². The molecule has 0 aromatic heterocycles. The van der Waals surface area contributed by atoms with E-state index < -0.39 is 0 Å². The first-order valence-corrected chi connectivity index (χ1v) is 8.38. The van der Waals surface area contributed by atoms with Crippen molar-refractivity contribution in [1.82, 2.24) is 0 Å². The van der Waals surface area contributed by atoms with Crippen LogP contribution in [0.25, 0.3) is 22.9 Å². The molecular weight excluding hydrogens is 326 g/mol. The lowest BCUT2D eigenvalue weighted by atomic mass is 10.0. The van der Waals surface area contributed by atoms with Crippen LogP contribution in [0, 0.1) is 0 Å². The fraction of sp³-hybridized carbons (Fsp3) is 0.182. The van der Waals surface area contributed by atoms with E-state index in [4.69, 9.17) is 14.2 Å². The molecule has 0 aliphatic rings. The molecule has 0 amide bonds. The molecule has 0 heterocycles. The van der Waals surface area contributed by atoms with E-state index in [9.17, 15) is 0 Å². The SMILES string of the molecule is CNc1ccc2cc(/C=C\c3cc(OC)c(OC)c(OC)c3)ccc2c1. The molecule has 0 unspecified atom stereocenters. The molecule has 4 nitrogen and oxygen atoms in total. The quantitative estimate of drug-likeness (QED) is 0.630. The summed E-state index contributed by atoms with van der Waals surface area (Å²) in [5.41, 5.74) is 3.21. The molecule has 3 aromatic rings. The van der Waals surface area contributed by atoms with Gasteiger partial charge in [0.05, 0.1) is 21.3 Å².